The summed E-state index contributed by atoms with van der Waals surface area (Å²) >= 11 is 0. The summed E-state index contributed by atoms with van der Waals surface area (Å²) in [5, 5.41) is 9.36. The molecule has 0 radical (unpaired) electrons. The van der Waals surface area contributed by atoms with E-state index in [1.807, 2.05) is 32.0 Å². The van der Waals surface area contributed by atoms with Crippen molar-refractivity contribution in [1.82, 2.24) is 0 Å². The number of carboxylic acid groups (broad SMARTS) is 1. The molecule has 3 unspecified atom stereocenters. The van der Waals surface area contributed by atoms with Crippen molar-refractivity contribution >= 4 is 11.8 Å². The molecule has 20 heavy (non-hydrogen) atoms. The predicted molar refractivity (Wildman–Crippen MR) is 77.9 cm³/mol. The van der Waals surface area contributed by atoms with Crippen molar-refractivity contribution < 1.29 is 14.7 Å². The molecule has 1 N–H and O–H groups in total. The zero-order valence-electron chi connectivity index (χ0n) is 12.3. The maximum Gasteiger partial charge on any atom is 0.307 e. The monoisotopic (exact) mass is 274 g/mol. The molecule has 3 heteroatoms. The summed E-state index contributed by atoms with van der Waals surface area (Å²) in [6.07, 6.45) is 2.28. The highest BCUT2D eigenvalue weighted by Crippen LogP contribution is 2.40. The van der Waals surface area contributed by atoms with Crippen LogP contribution in [0.4, 0.5) is 0 Å². The molecule has 0 amide bonds. The number of benzene rings is 1. The molecule has 0 aromatic heterocycles. The number of rotatable bonds is 4. The van der Waals surface area contributed by atoms with E-state index in [1.54, 1.807) is 0 Å². The van der Waals surface area contributed by atoms with Gasteiger partial charge < -0.3 is 5.11 Å². The Labute approximate surface area is 120 Å². The molecule has 2 rings (SSSR count). The van der Waals surface area contributed by atoms with Crippen LogP contribution in [0.2, 0.25) is 0 Å². The molecule has 108 valence electrons. The van der Waals surface area contributed by atoms with E-state index in [1.165, 1.54) is 0 Å². The zero-order chi connectivity index (χ0) is 14.9. The van der Waals surface area contributed by atoms with Crippen LogP contribution in [0, 0.1) is 31.6 Å². The number of carbonyl (C=O) groups excluding carboxylic acids is 1. The second-order valence-corrected chi connectivity index (χ2v) is 5.98. The first kappa shape index (κ1) is 14.8. The zero-order valence-corrected chi connectivity index (χ0v) is 12.3. The molecule has 1 fully saturated rings. The highest BCUT2D eigenvalue weighted by molar-refractivity contribution is 6.01. The van der Waals surface area contributed by atoms with Crippen LogP contribution >= 0.6 is 0 Å². The highest BCUT2D eigenvalue weighted by atomic mass is 16.4. The van der Waals surface area contributed by atoms with Gasteiger partial charge in [0.2, 0.25) is 0 Å². The highest BCUT2D eigenvalue weighted by Gasteiger charge is 2.42. The van der Waals surface area contributed by atoms with E-state index in [9.17, 15) is 14.7 Å². The van der Waals surface area contributed by atoms with Crippen molar-refractivity contribution in [3.8, 4) is 0 Å². The van der Waals surface area contributed by atoms with Gasteiger partial charge >= 0.3 is 5.97 Å². The molecule has 1 aliphatic carbocycles. The molecule has 1 aromatic carbocycles. The third-order valence-electron chi connectivity index (χ3n) is 4.55. The number of aryl methyl sites for hydroxylation is 2. The smallest absolute Gasteiger partial charge is 0.307 e. The Morgan fingerprint density at radius 2 is 1.85 bits per heavy atom. The molecular formula is C17H22O3. The fourth-order valence-electron chi connectivity index (χ4n) is 3.24. The number of hydrogen-bond acceptors (Lipinski definition) is 2. The van der Waals surface area contributed by atoms with Gasteiger partial charge in [-0.15, -0.1) is 0 Å². The summed E-state index contributed by atoms with van der Waals surface area (Å²) in [5.74, 6) is -1.35. The minimum atomic E-state index is -0.829. The van der Waals surface area contributed by atoms with Crippen LogP contribution in [0.3, 0.4) is 0 Å². The number of aliphatic carboxylic acids is 1. The average molecular weight is 274 g/mol. The van der Waals surface area contributed by atoms with Crippen molar-refractivity contribution in [2.45, 2.75) is 40.0 Å². The largest absolute Gasteiger partial charge is 0.481 e. The summed E-state index contributed by atoms with van der Waals surface area (Å²) in [6, 6.07) is 5.80. The second-order valence-electron chi connectivity index (χ2n) is 5.98. The standard InChI is InChI=1S/C17H22O3/c1-4-12-8-14(15(9-12)17(19)20)16(18)13-7-10(2)5-6-11(13)3/h5-7,12,14-15H,4,8-9H2,1-3H3,(H,19,20). The molecule has 0 aliphatic heterocycles. The third kappa shape index (κ3) is 2.77. The van der Waals surface area contributed by atoms with Crippen LogP contribution in [0.25, 0.3) is 0 Å². The van der Waals surface area contributed by atoms with E-state index in [-0.39, 0.29) is 11.7 Å². The Morgan fingerprint density at radius 3 is 2.45 bits per heavy atom. The fourth-order valence-corrected chi connectivity index (χ4v) is 3.24. The van der Waals surface area contributed by atoms with Crippen molar-refractivity contribution in [2.75, 3.05) is 0 Å². The van der Waals surface area contributed by atoms with Gasteiger partial charge in [0.1, 0.15) is 0 Å². The summed E-state index contributed by atoms with van der Waals surface area (Å²) < 4.78 is 0. The molecule has 1 aromatic rings. The van der Waals surface area contributed by atoms with Gasteiger partial charge in [0.25, 0.3) is 0 Å². The van der Waals surface area contributed by atoms with Crippen LogP contribution < -0.4 is 0 Å². The molecular weight excluding hydrogens is 252 g/mol. The van der Waals surface area contributed by atoms with Crippen LogP contribution in [0.1, 0.15) is 47.7 Å². The quantitative estimate of drug-likeness (QED) is 0.853. The van der Waals surface area contributed by atoms with Gasteiger partial charge in [0.15, 0.2) is 5.78 Å². The number of Topliss-reactive ketones (excluding diaryl/α,β-unsaturated/α-hetero) is 1. The summed E-state index contributed by atoms with van der Waals surface area (Å²) in [7, 11) is 0. The van der Waals surface area contributed by atoms with Gasteiger partial charge in [-0.1, -0.05) is 31.0 Å². The first-order valence-electron chi connectivity index (χ1n) is 7.28. The number of hydrogen-bond donors (Lipinski definition) is 1. The first-order valence-corrected chi connectivity index (χ1v) is 7.28. The lowest BCUT2D eigenvalue weighted by Gasteiger charge is -2.16. The lowest BCUT2D eigenvalue weighted by atomic mass is 9.86. The summed E-state index contributed by atoms with van der Waals surface area (Å²) in [5.41, 5.74) is 2.67. The van der Waals surface area contributed by atoms with Crippen molar-refractivity contribution in [3.63, 3.8) is 0 Å². The van der Waals surface area contributed by atoms with Crippen LogP contribution in [-0.4, -0.2) is 16.9 Å². The molecule has 3 atom stereocenters. The molecule has 1 aliphatic rings. The Balaban J connectivity index is 2.31. The van der Waals surface area contributed by atoms with Gasteiger partial charge in [-0.05, 0) is 44.2 Å². The summed E-state index contributed by atoms with van der Waals surface area (Å²) in [4.78, 5) is 24.1. The Bertz CT molecular complexity index is 533. The number of carbonyl (C=O) groups is 2. The van der Waals surface area contributed by atoms with E-state index in [0.29, 0.717) is 24.3 Å². The van der Waals surface area contributed by atoms with Crippen LogP contribution in [-0.2, 0) is 4.79 Å². The minimum Gasteiger partial charge on any atom is -0.481 e. The maximum atomic E-state index is 12.7. The lowest BCUT2D eigenvalue weighted by molar-refractivity contribution is -0.142. The Kier molecular flexibility index (Phi) is 4.26. The van der Waals surface area contributed by atoms with Crippen molar-refractivity contribution in [1.29, 1.82) is 0 Å². The fraction of sp³-hybridized carbons (Fsp3) is 0.529. The number of carboxylic acids is 1. The van der Waals surface area contributed by atoms with E-state index < -0.39 is 11.9 Å². The molecule has 3 nitrogen and oxygen atoms in total. The topological polar surface area (TPSA) is 54.4 Å². The predicted octanol–water partition coefficient (Wildman–Crippen LogP) is 3.62. The van der Waals surface area contributed by atoms with Gasteiger partial charge in [-0.25, -0.2) is 0 Å². The van der Waals surface area contributed by atoms with E-state index in [4.69, 9.17) is 0 Å². The minimum absolute atomic E-state index is 0.00884. The third-order valence-corrected chi connectivity index (χ3v) is 4.55. The van der Waals surface area contributed by atoms with Gasteiger partial charge in [-0.2, -0.15) is 0 Å². The maximum absolute atomic E-state index is 12.7. The lowest BCUT2D eigenvalue weighted by Crippen LogP contribution is -2.25. The van der Waals surface area contributed by atoms with Gasteiger partial charge in [0.05, 0.1) is 5.92 Å². The average Bonchev–Trinajstić information content (AvgIpc) is 2.85. The van der Waals surface area contributed by atoms with Crippen molar-refractivity contribution in [3.05, 3.63) is 34.9 Å². The van der Waals surface area contributed by atoms with Gasteiger partial charge in [-0.3, -0.25) is 9.59 Å². The summed E-state index contributed by atoms with van der Waals surface area (Å²) in [6.45, 7) is 5.93. The van der Waals surface area contributed by atoms with Gasteiger partial charge in [0, 0.05) is 11.5 Å². The number of ketones is 1. The Hall–Kier alpha value is -1.64. The Morgan fingerprint density at radius 1 is 1.20 bits per heavy atom. The normalized spacial score (nSPS) is 25.6. The molecule has 0 bridgehead atoms. The van der Waals surface area contributed by atoms with Crippen LogP contribution in [0.5, 0.6) is 0 Å². The van der Waals surface area contributed by atoms with E-state index >= 15 is 0 Å². The van der Waals surface area contributed by atoms with E-state index in [0.717, 1.165) is 17.5 Å². The van der Waals surface area contributed by atoms with Crippen molar-refractivity contribution in [2.24, 2.45) is 17.8 Å². The van der Waals surface area contributed by atoms with Crippen LogP contribution in [0.15, 0.2) is 18.2 Å². The molecule has 0 heterocycles. The second kappa shape index (κ2) is 5.78. The first-order chi connectivity index (χ1) is 9.43. The molecule has 0 spiro atoms. The SMILES string of the molecule is CCC1CC(C(=O)O)C(C(=O)c2cc(C)ccc2C)C1. The van der Waals surface area contributed by atoms with E-state index in [2.05, 4.69) is 6.92 Å². The molecule has 1 saturated carbocycles. The molecule has 0 saturated heterocycles.